The molecule has 0 aromatic heterocycles. The summed E-state index contributed by atoms with van der Waals surface area (Å²) in [7, 11) is 0. The van der Waals surface area contributed by atoms with Crippen LogP contribution < -0.4 is 5.32 Å². The zero-order valence-corrected chi connectivity index (χ0v) is 11.8. The van der Waals surface area contributed by atoms with Crippen LogP contribution in [0, 0.1) is 5.92 Å². The monoisotopic (exact) mass is 239 g/mol. The molecular weight excluding hydrogens is 210 g/mol. The molecule has 100 valence electrons. The number of piperazine rings is 3. The molecule has 17 heavy (non-hydrogen) atoms. The summed E-state index contributed by atoms with van der Waals surface area (Å²) in [4.78, 5) is 5.36. The second kappa shape index (κ2) is 6.17. The van der Waals surface area contributed by atoms with Gasteiger partial charge in [-0.25, -0.2) is 0 Å². The van der Waals surface area contributed by atoms with Crippen molar-refractivity contribution in [3.05, 3.63) is 0 Å². The summed E-state index contributed by atoms with van der Waals surface area (Å²) in [6, 6.07) is 1.45. The van der Waals surface area contributed by atoms with E-state index < -0.39 is 0 Å². The van der Waals surface area contributed by atoms with Crippen LogP contribution in [0.5, 0.6) is 0 Å². The first-order valence-corrected chi connectivity index (χ1v) is 7.44. The Bertz CT molecular complexity index is 224. The van der Waals surface area contributed by atoms with Gasteiger partial charge in [0, 0.05) is 44.8 Å². The van der Waals surface area contributed by atoms with Crippen LogP contribution in [0.25, 0.3) is 0 Å². The minimum atomic E-state index is 0.693. The van der Waals surface area contributed by atoms with Crippen LogP contribution in [-0.2, 0) is 0 Å². The topological polar surface area (TPSA) is 18.5 Å². The van der Waals surface area contributed by atoms with Gasteiger partial charge in [-0.1, -0.05) is 27.2 Å². The van der Waals surface area contributed by atoms with Crippen LogP contribution in [0.2, 0.25) is 0 Å². The first-order chi connectivity index (χ1) is 8.24. The molecule has 0 aromatic carbocycles. The van der Waals surface area contributed by atoms with E-state index in [2.05, 4.69) is 35.9 Å². The Kier molecular flexibility index (Phi) is 4.83. The van der Waals surface area contributed by atoms with Crippen molar-refractivity contribution in [1.82, 2.24) is 15.1 Å². The molecule has 1 N–H and O–H groups in total. The van der Waals surface area contributed by atoms with Crippen molar-refractivity contribution in [3.63, 3.8) is 0 Å². The zero-order chi connectivity index (χ0) is 12.3. The Morgan fingerprint density at radius 3 is 2.35 bits per heavy atom. The first kappa shape index (κ1) is 13.3. The van der Waals surface area contributed by atoms with Gasteiger partial charge < -0.3 is 5.32 Å². The van der Waals surface area contributed by atoms with Gasteiger partial charge in [0.05, 0.1) is 0 Å². The molecule has 3 nitrogen and oxygen atoms in total. The smallest absolute Gasteiger partial charge is 0.0377 e. The lowest BCUT2D eigenvalue weighted by molar-refractivity contribution is -0.00639. The molecule has 3 saturated heterocycles. The molecule has 0 radical (unpaired) electrons. The SMILES string of the molecule is CCNC(CC(C)CC)C1CN2CCN1CC2. The predicted molar refractivity (Wildman–Crippen MR) is 73.3 cm³/mol. The van der Waals surface area contributed by atoms with Crippen molar-refractivity contribution in [2.45, 2.75) is 45.7 Å². The average Bonchev–Trinajstić information content (AvgIpc) is 2.39. The van der Waals surface area contributed by atoms with Crippen LogP contribution >= 0.6 is 0 Å². The van der Waals surface area contributed by atoms with Crippen molar-refractivity contribution in [3.8, 4) is 0 Å². The molecular formula is C14H29N3. The highest BCUT2D eigenvalue weighted by atomic mass is 15.4. The number of hydrogen-bond donors (Lipinski definition) is 1. The molecule has 3 aliphatic heterocycles. The second-order valence-corrected chi connectivity index (χ2v) is 5.82. The molecule has 3 aliphatic rings. The van der Waals surface area contributed by atoms with E-state index in [4.69, 9.17) is 0 Å². The van der Waals surface area contributed by atoms with Gasteiger partial charge in [-0.3, -0.25) is 9.80 Å². The van der Waals surface area contributed by atoms with Gasteiger partial charge >= 0.3 is 0 Å². The Morgan fingerprint density at radius 2 is 1.88 bits per heavy atom. The number of likely N-dealkylation sites (N-methyl/N-ethyl adjacent to an activating group) is 1. The third kappa shape index (κ3) is 3.21. The third-order valence-corrected chi connectivity index (χ3v) is 4.61. The Morgan fingerprint density at radius 1 is 1.18 bits per heavy atom. The maximum absolute atomic E-state index is 3.73. The zero-order valence-electron chi connectivity index (χ0n) is 11.8. The summed E-state index contributed by atoms with van der Waals surface area (Å²) < 4.78 is 0. The Labute approximate surface area is 107 Å². The highest BCUT2D eigenvalue weighted by molar-refractivity contribution is 4.95. The summed E-state index contributed by atoms with van der Waals surface area (Å²) in [5.74, 6) is 0.843. The number of nitrogens with one attached hydrogen (secondary N) is 1. The van der Waals surface area contributed by atoms with Crippen molar-refractivity contribution in [2.75, 3.05) is 39.3 Å². The highest BCUT2D eigenvalue weighted by Crippen LogP contribution is 2.22. The van der Waals surface area contributed by atoms with Gasteiger partial charge in [-0.15, -0.1) is 0 Å². The van der Waals surface area contributed by atoms with Crippen molar-refractivity contribution < 1.29 is 0 Å². The fourth-order valence-corrected chi connectivity index (χ4v) is 3.28. The maximum atomic E-state index is 3.73. The highest BCUT2D eigenvalue weighted by Gasteiger charge is 2.36. The van der Waals surface area contributed by atoms with E-state index in [1.54, 1.807) is 0 Å². The molecule has 3 fully saturated rings. The fourth-order valence-electron chi connectivity index (χ4n) is 3.28. The van der Waals surface area contributed by atoms with E-state index in [1.165, 1.54) is 45.6 Å². The minimum Gasteiger partial charge on any atom is -0.313 e. The molecule has 0 aliphatic carbocycles. The Balaban J connectivity index is 1.95. The fraction of sp³-hybridized carbons (Fsp3) is 1.00. The first-order valence-electron chi connectivity index (χ1n) is 7.44. The van der Waals surface area contributed by atoms with Gasteiger partial charge in [-0.2, -0.15) is 0 Å². The van der Waals surface area contributed by atoms with Crippen LogP contribution in [-0.4, -0.2) is 61.2 Å². The quantitative estimate of drug-likeness (QED) is 0.756. The van der Waals surface area contributed by atoms with E-state index in [0.717, 1.165) is 18.5 Å². The maximum Gasteiger partial charge on any atom is 0.0377 e. The summed E-state index contributed by atoms with van der Waals surface area (Å²) in [5.41, 5.74) is 0. The molecule has 0 amide bonds. The molecule has 3 unspecified atom stereocenters. The van der Waals surface area contributed by atoms with E-state index in [0.29, 0.717) is 6.04 Å². The largest absolute Gasteiger partial charge is 0.313 e. The molecule has 3 heteroatoms. The molecule has 3 atom stereocenters. The third-order valence-electron chi connectivity index (χ3n) is 4.61. The average molecular weight is 239 g/mol. The van der Waals surface area contributed by atoms with E-state index >= 15 is 0 Å². The van der Waals surface area contributed by atoms with Crippen molar-refractivity contribution in [1.29, 1.82) is 0 Å². The van der Waals surface area contributed by atoms with Gasteiger partial charge in [0.25, 0.3) is 0 Å². The number of fused-ring (bicyclic) bond motifs is 3. The molecule has 2 bridgehead atoms. The van der Waals surface area contributed by atoms with Crippen LogP contribution in [0.4, 0.5) is 0 Å². The predicted octanol–water partition coefficient (Wildman–Crippen LogP) is 1.40. The van der Waals surface area contributed by atoms with E-state index in [9.17, 15) is 0 Å². The van der Waals surface area contributed by atoms with Crippen LogP contribution in [0.15, 0.2) is 0 Å². The van der Waals surface area contributed by atoms with Gasteiger partial charge in [-0.05, 0) is 18.9 Å². The minimum absolute atomic E-state index is 0.693. The number of rotatable bonds is 6. The van der Waals surface area contributed by atoms with E-state index in [-0.39, 0.29) is 0 Å². The summed E-state index contributed by atoms with van der Waals surface area (Å²) >= 11 is 0. The molecule has 0 aromatic rings. The van der Waals surface area contributed by atoms with Crippen LogP contribution in [0.1, 0.15) is 33.6 Å². The van der Waals surface area contributed by atoms with Crippen molar-refractivity contribution >= 4 is 0 Å². The standard InChI is InChI=1S/C14H29N3/c1-4-12(3)10-13(15-5-2)14-11-16-6-8-17(14)9-7-16/h12-15H,4-11H2,1-3H3. The number of hydrogen-bond acceptors (Lipinski definition) is 3. The summed E-state index contributed by atoms with van der Waals surface area (Å²) in [6.45, 7) is 14.5. The molecule has 3 rings (SSSR count). The normalized spacial score (nSPS) is 35.8. The second-order valence-electron chi connectivity index (χ2n) is 5.82. The van der Waals surface area contributed by atoms with Gasteiger partial charge in [0.15, 0.2) is 0 Å². The lowest BCUT2D eigenvalue weighted by atomic mass is 9.91. The van der Waals surface area contributed by atoms with Gasteiger partial charge in [0.2, 0.25) is 0 Å². The lowest BCUT2D eigenvalue weighted by Crippen LogP contribution is -2.66. The van der Waals surface area contributed by atoms with E-state index in [1.807, 2.05) is 0 Å². The molecule has 0 saturated carbocycles. The summed E-state index contributed by atoms with van der Waals surface area (Å²) in [6.07, 6.45) is 2.64. The number of nitrogens with zero attached hydrogens (tertiary/aromatic N) is 2. The molecule has 3 heterocycles. The summed E-state index contributed by atoms with van der Waals surface area (Å²) in [5, 5.41) is 3.73. The lowest BCUT2D eigenvalue weighted by Gasteiger charge is -2.50. The Hall–Kier alpha value is -0.120. The van der Waals surface area contributed by atoms with Crippen LogP contribution in [0.3, 0.4) is 0 Å². The molecule has 0 spiro atoms. The van der Waals surface area contributed by atoms with Crippen molar-refractivity contribution in [2.24, 2.45) is 5.92 Å². The van der Waals surface area contributed by atoms with Gasteiger partial charge in [0.1, 0.15) is 0 Å².